The number of ether oxygens (including phenoxy) is 2. The summed E-state index contributed by atoms with van der Waals surface area (Å²) in [5.74, 6) is -2.80. The second-order valence-electron chi connectivity index (χ2n) is 8.79. The van der Waals surface area contributed by atoms with E-state index in [4.69, 9.17) is 21.9 Å². The molecule has 1 amide bonds. The molecule has 3 heterocycles. The number of nitrogens with zero attached hydrogens (tertiary/aromatic N) is 5. The average Bonchev–Trinajstić information content (AvgIpc) is 3.25. The molecule has 16 heteroatoms. The molecule has 0 spiro atoms. The van der Waals surface area contributed by atoms with E-state index in [1.165, 1.54) is 24.3 Å². The van der Waals surface area contributed by atoms with Gasteiger partial charge in [-0.3, -0.25) is 0 Å². The zero-order valence-corrected chi connectivity index (χ0v) is 21.1. The van der Waals surface area contributed by atoms with Gasteiger partial charge in [-0.1, -0.05) is 30.3 Å². The second-order valence-corrected chi connectivity index (χ2v) is 8.79. The molecule has 1 atom stereocenters. The van der Waals surface area contributed by atoms with Crippen molar-refractivity contribution in [3.8, 4) is 11.7 Å². The first-order valence-electron chi connectivity index (χ1n) is 11.9. The Morgan fingerprint density at radius 3 is 2.38 bits per heavy atom. The summed E-state index contributed by atoms with van der Waals surface area (Å²) in [5.41, 5.74) is 18.2. The summed E-state index contributed by atoms with van der Waals surface area (Å²) in [5, 5.41) is 4.40. The number of carbonyl (C=O) groups excluding carboxylic acids is 1. The Bertz CT molecular complexity index is 1790. The normalized spacial score (nSPS) is 12.3. The number of hydrogen-bond donors (Lipinski definition) is 3. The molecule has 0 saturated heterocycles. The molecule has 5 rings (SSSR count). The maximum atomic E-state index is 14.4. The number of aromatic nitrogens is 5. The largest absolute Gasteiger partial charge is 0.573 e. The van der Waals surface area contributed by atoms with Gasteiger partial charge in [0.15, 0.2) is 6.10 Å². The van der Waals surface area contributed by atoms with Gasteiger partial charge < -0.3 is 26.7 Å². The fourth-order valence-corrected chi connectivity index (χ4v) is 4.27. The van der Waals surface area contributed by atoms with Crippen LogP contribution in [0.4, 0.5) is 38.4 Å². The molecular formula is C26H19F5N8O3. The van der Waals surface area contributed by atoms with Crippen molar-refractivity contribution in [1.82, 2.24) is 24.7 Å². The van der Waals surface area contributed by atoms with E-state index in [-0.39, 0.29) is 51.9 Å². The highest BCUT2D eigenvalue weighted by Crippen LogP contribution is 2.36. The summed E-state index contributed by atoms with van der Waals surface area (Å²) in [6, 6.07) is 11.6. The number of rotatable bonds is 7. The van der Waals surface area contributed by atoms with Crippen LogP contribution >= 0.6 is 0 Å². The van der Waals surface area contributed by atoms with E-state index in [1.54, 1.807) is 12.1 Å². The van der Waals surface area contributed by atoms with Crippen LogP contribution in [0.1, 0.15) is 28.5 Å². The molecule has 6 N–H and O–H groups in total. The third-order valence-corrected chi connectivity index (χ3v) is 5.95. The molecule has 5 aromatic rings. The number of nitrogens with two attached hydrogens (primary N) is 3. The van der Waals surface area contributed by atoms with Crippen LogP contribution in [0, 0.1) is 11.6 Å². The lowest BCUT2D eigenvalue weighted by atomic mass is 10.0. The van der Waals surface area contributed by atoms with Crippen LogP contribution < -0.4 is 21.9 Å². The van der Waals surface area contributed by atoms with E-state index in [9.17, 15) is 26.7 Å². The monoisotopic (exact) mass is 586 g/mol. The predicted octanol–water partition coefficient (Wildman–Crippen LogP) is 4.33. The van der Waals surface area contributed by atoms with E-state index in [2.05, 4.69) is 24.8 Å². The predicted molar refractivity (Wildman–Crippen MR) is 138 cm³/mol. The van der Waals surface area contributed by atoms with Gasteiger partial charge in [-0.05, 0) is 23.8 Å². The van der Waals surface area contributed by atoms with Crippen molar-refractivity contribution in [2.75, 3.05) is 11.5 Å². The molecule has 0 fully saturated rings. The summed E-state index contributed by atoms with van der Waals surface area (Å²) in [6.45, 7) is 0. The highest BCUT2D eigenvalue weighted by molar-refractivity contribution is 5.79. The average molecular weight is 586 g/mol. The molecule has 11 nitrogen and oxygen atoms in total. The van der Waals surface area contributed by atoms with Crippen molar-refractivity contribution in [2.45, 2.75) is 18.9 Å². The summed E-state index contributed by atoms with van der Waals surface area (Å²) < 4.78 is 77.1. The van der Waals surface area contributed by atoms with E-state index in [0.717, 1.165) is 29.1 Å². The number of alkyl halides is 3. The van der Waals surface area contributed by atoms with Gasteiger partial charge in [-0.25, -0.2) is 18.6 Å². The van der Waals surface area contributed by atoms with Gasteiger partial charge in [-0.15, -0.1) is 13.2 Å². The Morgan fingerprint density at radius 1 is 1.00 bits per heavy atom. The molecule has 42 heavy (non-hydrogen) atoms. The number of primary amides is 1. The Kier molecular flexibility index (Phi) is 7.20. The van der Waals surface area contributed by atoms with Gasteiger partial charge in [0.25, 0.3) is 5.95 Å². The number of anilines is 2. The van der Waals surface area contributed by atoms with Crippen LogP contribution in [0.2, 0.25) is 0 Å². The number of benzene rings is 2. The molecule has 0 radical (unpaired) electrons. The molecule has 2 aromatic carbocycles. The van der Waals surface area contributed by atoms with Gasteiger partial charge in [0.05, 0.1) is 23.0 Å². The van der Waals surface area contributed by atoms with Crippen molar-refractivity contribution in [1.29, 1.82) is 0 Å². The highest BCUT2D eigenvalue weighted by Gasteiger charge is 2.32. The van der Waals surface area contributed by atoms with Crippen molar-refractivity contribution >= 4 is 28.8 Å². The van der Waals surface area contributed by atoms with E-state index in [0.29, 0.717) is 5.56 Å². The van der Waals surface area contributed by atoms with E-state index < -0.39 is 35.9 Å². The summed E-state index contributed by atoms with van der Waals surface area (Å²) >= 11 is 0. The summed E-state index contributed by atoms with van der Waals surface area (Å²) in [4.78, 5) is 24.2. The first-order valence-corrected chi connectivity index (χ1v) is 11.9. The minimum atomic E-state index is -4.99. The Morgan fingerprint density at radius 2 is 1.71 bits per heavy atom. The number of pyridine rings is 1. The van der Waals surface area contributed by atoms with Crippen LogP contribution in [0.25, 0.3) is 17.0 Å². The number of carbonyl (C=O) groups is 1. The number of nitrogen functional groups attached to an aromatic ring is 2. The molecule has 0 saturated carbocycles. The third-order valence-electron chi connectivity index (χ3n) is 5.95. The molecule has 0 aliphatic heterocycles. The number of halogens is 5. The SMILES string of the molecule is NC(=O)OC(c1cccc(OC(F)(F)F)c1)c1c(N)nc(-n2nc(Cc3ccccc3F)c3ncc(F)cc32)nc1N. The fourth-order valence-electron chi connectivity index (χ4n) is 4.27. The molecule has 3 aromatic heterocycles. The molecular weight excluding hydrogens is 567 g/mol. The highest BCUT2D eigenvalue weighted by atomic mass is 19.4. The van der Waals surface area contributed by atoms with E-state index >= 15 is 0 Å². The third kappa shape index (κ3) is 5.81. The molecule has 0 aliphatic carbocycles. The van der Waals surface area contributed by atoms with Gasteiger partial charge in [-0.2, -0.15) is 19.7 Å². The van der Waals surface area contributed by atoms with Crippen LogP contribution in [-0.4, -0.2) is 37.2 Å². The minimum absolute atomic E-state index is 0.0112. The van der Waals surface area contributed by atoms with Gasteiger partial charge in [0.1, 0.15) is 34.5 Å². The first kappa shape index (κ1) is 28.0. The van der Waals surface area contributed by atoms with Gasteiger partial charge in [0.2, 0.25) is 0 Å². The van der Waals surface area contributed by atoms with Crippen molar-refractivity contribution in [2.24, 2.45) is 5.73 Å². The number of amides is 1. The Hall–Kier alpha value is -5.54. The summed E-state index contributed by atoms with van der Waals surface area (Å²) in [6.07, 6.45) is -6.88. The quantitative estimate of drug-likeness (QED) is 0.235. The van der Waals surface area contributed by atoms with Crippen molar-refractivity contribution < 1.29 is 36.2 Å². The number of hydrogen-bond acceptors (Lipinski definition) is 9. The van der Waals surface area contributed by atoms with Crippen molar-refractivity contribution in [3.05, 3.63) is 94.8 Å². The van der Waals surface area contributed by atoms with Crippen molar-refractivity contribution in [3.63, 3.8) is 0 Å². The minimum Gasteiger partial charge on any atom is -0.436 e. The maximum absolute atomic E-state index is 14.4. The van der Waals surface area contributed by atoms with Gasteiger partial charge in [0, 0.05) is 18.1 Å². The standard InChI is InChI=1S/C26H19F5N8O3/c27-14-10-18-20(35-11-14)17(9-12-4-1-2-7-16(12)28)38-39(18)25-36-22(32)19(23(33)37-25)21(41-24(34)40)13-5-3-6-15(8-13)42-26(29,30)31/h1-8,10-11,21H,9H2,(H2,34,40)(H4,32,33,36,37). The smallest absolute Gasteiger partial charge is 0.436 e. The Balaban J connectivity index is 1.60. The van der Waals surface area contributed by atoms with Crippen LogP contribution in [-0.2, 0) is 11.2 Å². The lowest BCUT2D eigenvalue weighted by Gasteiger charge is -2.21. The molecule has 0 bridgehead atoms. The maximum Gasteiger partial charge on any atom is 0.573 e. The second kappa shape index (κ2) is 10.8. The lowest BCUT2D eigenvalue weighted by Crippen LogP contribution is -2.22. The molecule has 216 valence electrons. The summed E-state index contributed by atoms with van der Waals surface area (Å²) in [7, 11) is 0. The molecule has 1 unspecified atom stereocenters. The van der Waals surface area contributed by atoms with Crippen LogP contribution in [0.3, 0.4) is 0 Å². The van der Waals surface area contributed by atoms with Crippen LogP contribution in [0.5, 0.6) is 5.75 Å². The van der Waals surface area contributed by atoms with Gasteiger partial charge >= 0.3 is 12.5 Å². The topological polar surface area (TPSA) is 170 Å². The zero-order valence-electron chi connectivity index (χ0n) is 21.1. The number of fused-ring (bicyclic) bond motifs is 1. The van der Waals surface area contributed by atoms with Crippen LogP contribution in [0.15, 0.2) is 60.8 Å². The lowest BCUT2D eigenvalue weighted by molar-refractivity contribution is -0.274. The zero-order chi connectivity index (χ0) is 30.2. The first-order chi connectivity index (χ1) is 19.9. The fraction of sp³-hybridized carbons (Fsp3) is 0.115. The Labute approximate surface area is 232 Å². The molecule has 0 aliphatic rings. The van der Waals surface area contributed by atoms with E-state index in [1.807, 2.05) is 0 Å².